The van der Waals surface area contributed by atoms with Crippen LogP contribution in [0.3, 0.4) is 0 Å². The van der Waals surface area contributed by atoms with E-state index in [1.165, 1.54) is 0 Å². The maximum Gasteiger partial charge on any atom is 0.307 e. The van der Waals surface area contributed by atoms with Crippen molar-refractivity contribution in [2.45, 2.75) is 38.8 Å². The van der Waals surface area contributed by atoms with Crippen LogP contribution in [0.15, 0.2) is 12.1 Å². The molecule has 1 unspecified atom stereocenters. The second-order valence-electron chi connectivity index (χ2n) is 5.87. The smallest absolute Gasteiger partial charge is 0.307 e. The van der Waals surface area contributed by atoms with Crippen LogP contribution in [-0.4, -0.2) is 39.9 Å². The summed E-state index contributed by atoms with van der Waals surface area (Å²) in [4.78, 5) is 11.8. The molecular formula is C18H27NO5. The number of nitrogens with one attached hydrogen (secondary N) is 1. The first-order valence-electron chi connectivity index (χ1n) is 8.30. The number of rotatable bonds is 10. The van der Waals surface area contributed by atoms with Gasteiger partial charge in [0.2, 0.25) is 5.75 Å². The molecule has 1 aromatic carbocycles. The highest BCUT2D eigenvalue weighted by molar-refractivity contribution is 5.70. The molecule has 24 heavy (non-hydrogen) atoms. The maximum absolute atomic E-state index is 11.8. The zero-order valence-electron chi connectivity index (χ0n) is 14.9. The molecule has 0 radical (unpaired) electrons. The van der Waals surface area contributed by atoms with Crippen molar-refractivity contribution in [3.63, 3.8) is 0 Å². The van der Waals surface area contributed by atoms with E-state index in [4.69, 9.17) is 18.9 Å². The van der Waals surface area contributed by atoms with Gasteiger partial charge in [-0.1, -0.05) is 0 Å². The van der Waals surface area contributed by atoms with Crippen LogP contribution < -0.4 is 19.5 Å². The minimum absolute atomic E-state index is 0.142. The number of esters is 1. The van der Waals surface area contributed by atoms with E-state index < -0.39 is 0 Å². The minimum atomic E-state index is -0.146. The van der Waals surface area contributed by atoms with Crippen molar-refractivity contribution in [2.24, 2.45) is 5.92 Å². The number of carbonyl (C=O) groups is 1. The summed E-state index contributed by atoms with van der Waals surface area (Å²) in [5.74, 6) is 2.24. The SMILES string of the molecule is CCOC(=O)CC(NCc1cc(OC)c(OC)c(OC)c1)C1CC1. The lowest BCUT2D eigenvalue weighted by Gasteiger charge is -2.19. The lowest BCUT2D eigenvalue weighted by Crippen LogP contribution is -2.33. The molecule has 0 bridgehead atoms. The first kappa shape index (κ1) is 18.4. The Morgan fingerprint density at radius 1 is 1.17 bits per heavy atom. The molecule has 134 valence electrons. The molecule has 6 heteroatoms. The number of benzene rings is 1. The van der Waals surface area contributed by atoms with Gasteiger partial charge < -0.3 is 24.3 Å². The van der Waals surface area contributed by atoms with Crippen LogP contribution in [-0.2, 0) is 16.1 Å². The predicted octanol–water partition coefficient (Wildman–Crippen LogP) is 2.53. The van der Waals surface area contributed by atoms with Crippen LogP contribution in [0, 0.1) is 5.92 Å². The van der Waals surface area contributed by atoms with Crippen molar-refractivity contribution in [1.82, 2.24) is 5.32 Å². The Bertz CT molecular complexity index is 531. The van der Waals surface area contributed by atoms with Gasteiger partial charge in [-0.3, -0.25) is 4.79 Å². The van der Waals surface area contributed by atoms with Crippen LogP contribution in [0.4, 0.5) is 0 Å². The van der Waals surface area contributed by atoms with E-state index in [2.05, 4.69) is 5.32 Å². The Hall–Kier alpha value is -1.95. The molecule has 1 N–H and O–H groups in total. The second-order valence-corrected chi connectivity index (χ2v) is 5.87. The van der Waals surface area contributed by atoms with E-state index in [0.717, 1.165) is 18.4 Å². The molecule has 1 aromatic rings. The van der Waals surface area contributed by atoms with Crippen molar-refractivity contribution in [2.75, 3.05) is 27.9 Å². The zero-order valence-corrected chi connectivity index (χ0v) is 14.9. The summed E-state index contributed by atoms with van der Waals surface area (Å²) in [6.45, 7) is 2.87. The third kappa shape index (κ3) is 4.77. The average Bonchev–Trinajstić information content (AvgIpc) is 3.42. The Kier molecular flexibility index (Phi) is 6.73. The topological polar surface area (TPSA) is 66.0 Å². The van der Waals surface area contributed by atoms with Crippen LogP contribution >= 0.6 is 0 Å². The van der Waals surface area contributed by atoms with Crippen molar-refractivity contribution in [3.8, 4) is 17.2 Å². The Morgan fingerprint density at radius 2 is 1.79 bits per heavy atom. The van der Waals surface area contributed by atoms with Gasteiger partial charge in [-0.15, -0.1) is 0 Å². The van der Waals surface area contributed by atoms with E-state index in [1.54, 1.807) is 21.3 Å². The van der Waals surface area contributed by atoms with Crippen LogP contribution in [0.25, 0.3) is 0 Å². The van der Waals surface area contributed by atoms with E-state index >= 15 is 0 Å². The summed E-state index contributed by atoms with van der Waals surface area (Å²) in [6.07, 6.45) is 2.72. The number of hydrogen-bond donors (Lipinski definition) is 1. The average molecular weight is 337 g/mol. The lowest BCUT2D eigenvalue weighted by atomic mass is 10.1. The van der Waals surface area contributed by atoms with Gasteiger partial charge in [0, 0.05) is 12.6 Å². The molecule has 0 aromatic heterocycles. The maximum atomic E-state index is 11.8. The predicted molar refractivity (Wildman–Crippen MR) is 90.7 cm³/mol. The highest BCUT2D eigenvalue weighted by Crippen LogP contribution is 2.38. The summed E-state index contributed by atoms with van der Waals surface area (Å²) < 4.78 is 21.2. The molecule has 1 atom stereocenters. The summed E-state index contributed by atoms with van der Waals surface area (Å²) in [5.41, 5.74) is 1.01. The normalized spacial score (nSPS) is 14.8. The fourth-order valence-corrected chi connectivity index (χ4v) is 2.79. The molecule has 1 aliphatic carbocycles. The quantitative estimate of drug-likeness (QED) is 0.662. The molecular weight excluding hydrogens is 310 g/mol. The van der Waals surface area contributed by atoms with Crippen molar-refractivity contribution in [1.29, 1.82) is 0 Å². The summed E-state index contributed by atoms with van der Waals surface area (Å²) in [6, 6.07) is 3.98. The van der Waals surface area contributed by atoms with E-state index in [-0.39, 0.29) is 12.0 Å². The van der Waals surface area contributed by atoms with Gasteiger partial charge in [0.25, 0.3) is 0 Å². The van der Waals surface area contributed by atoms with Crippen LogP contribution in [0.1, 0.15) is 31.7 Å². The van der Waals surface area contributed by atoms with Gasteiger partial charge in [0.05, 0.1) is 34.4 Å². The van der Waals surface area contributed by atoms with E-state index in [9.17, 15) is 4.79 Å². The molecule has 2 rings (SSSR count). The van der Waals surface area contributed by atoms with Gasteiger partial charge in [-0.2, -0.15) is 0 Å². The summed E-state index contributed by atoms with van der Waals surface area (Å²) >= 11 is 0. The highest BCUT2D eigenvalue weighted by Gasteiger charge is 2.32. The molecule has 1 saturated carbocycles. The van der Waals surface area contributed by atoms with Gasteiger partial charge in [0.1, 0.15) is 0 Å². The van der Waals surface area contributed by atoms with Gasteiger partial charge in [0.15, 0.2) is 11.5 Å². The van der Waals surface area contributed by atoms with E-state index in [0.29, 0.717) is 42.7 Å². The summed E-state index contributed by atoms with van der Waals surface area (Å²) in [7, 11) is 4.78. The first-order valence-corrected chi connectivity index (χ1v) is 8.30. The molecule has 0 saturated heterocycles. The number of hydrogen-bond acceptors (Lipinski definition) is 6. The Morgan fingerprint density at radius 3 is 2.25 bits per heavy atom. The van der Waals surface area contributed by atoms with Gasteiger partial charge >= 0.3 is 5.97 Å². The molecule has 0 spiro atoms. The Balaban J connectivity index is 2.05. The fraction of sp³-hybridized carbons (Fsp3) is 0.611. The first-order chi connectivity index (χ1) is 11.6. The Labute approximate surface area is 143 Å². The summed E-state index contributed by atoms with van der Waals surface area (Å²) in [5, 5.41) is 3.47. The van der Waals surface area contributed by atoms with Crippen LogP contribution in [0.5, 0.6) is 17.2 Å². The lowest BCUT2D eigenvalue weighted by molar-refractivity contribution is -0.143. The number of ether oxygens (including phenoxy) is 4. The largest absolute Gasteiger partial charge is 0.493 e. The molecule has 6 nitrogen and oxygen atoms in total. The fourth-order valence-electron chi connectivity index (χ4n) is 2.79. The van der Waals surface area contributed by atoms with Crippen molar-refractivity contribution >= 4 is 5.97 Å². The number of carbonyl (C=O) groups excluding carboxylic acids is 1. The minimum Gasteiger partial charge on any atom is -0.493 e. The molecule has 0 aliphatic heterocycles. The zero-order chi connectivity index (χ0) is 17.5. The third-order valence-corrected chi connectivity index (χ3v) is 4.18. The van der Waals surface area contributed by atoms with E-state index in [1.807, 2.05) is 19.1 Å². The van der Waals surface area contributed by atoms with Crippen LogP contribution in [0.2, 0.25) is 0 Å². The molecule has 1 fully saturated rings. The molecule has 0 heterocycles. The van der Waals surface area contributed by atoms with Crippen molar-refractivity contribution in [3.05, 3.63) is 17.7 Å². The van der Waals surface area contributed by atoms with Gasteiger partial charge in [-0.25, -0.2) is 0 Å². The molecule has 0 amide bonds. The third-order valence-electron chi connectivity index (χ3n) is 4.18. The standard InChI is InChI=1S/C18H27NO5/c1-5-24-17(20)10-14(13-6-7-13)19-11-12-8-15(21-2)18(23-4)16(9-12)22-3/h8-9,13-14,19H,5-7,10-11H2,1-4H3. The van der Waals surface area contributed by atoms with Gasteiger partial charge in [-0.05, 0) is 43.4 Å². The monoisotopic (exact) mass is 337 g/mol. The highest BCUT2D eigenvalue weighted by atomic mass is 16.5. The second kappa shape index (κ2) is 8.78. The van der Waals surface area contributed by atoms with Crippen molar-refractivity contribution < 1.29 is 23.7 Å². The molecule has 1 aliphatic rings. The number of methoxy groups -OCH3 is 3.